The maximum absolute atomic E-state index is 12.9. The van der Waals surface area contributed by atoms with Crippen LogP contribution in [0.15, 0.2) is 0 Å². The van der Waals surface area contributed by atoms with Gasteiger partial charge in [0.25, 0.3) is 0 Å². The van der Waals surface area contributed by atoms with Crippen molar-refractivity contribution in [2.24, 2.45) is 11.5 Å². The number of fused-ring (bicyclic) bond motifs is 1. The molecule has 0 saturated heterocycles. The van der Waals surface area contributed by atoms with Crippen LogP contribution in [-0.2, 0) is 23.9 Å². The number of aromatic nitrogens is 2. The molecule has 8 heteroatoms. The highest BCUT2D eigenvalue weighted by molar-refractivity contribution is 5.73. The van der Waals surface area contributed by atoms with Gasteiger partial charge in [0.15, 0.2) is 5.69 Å². The fourth-order valence-corrected chi connectivity index (χ4v) is 2.41. The number of nitrogens with zero attached hydrogens (tertiary/aromatic N) is 2. The third-order valence-electron chi connectivity index (χ3n) is 3.24. The van der Waals surface area contributed by atoms with Gasteiger partial charge >= 0.3 is 6.18 Å². The highest BCUT2D eigenvalue weighted by Gasteiger charge is 2.41. The van der Waals surface area contributed by atoms with Crippen molar-refractivity contribution >= 4 is 5.91 Å². The summed E-state index contributed by atoms with van der Waals surface area (Å²) in [6.07, 6.45) is -2.85. The number of aryl methyl sites for hydroxylation is 1. The summed E-state index contributed by atoms with van der Waals surface area (Å²) in [5.41, 5.74) is 10.4. The van der Waals surface area contributed by atoms with Crippen molar-refractivity contribution in [1.29, 1.82) is 0 Å². The second kappa shape index (κ2) is 4.84. The van der Waals surface area contributed by atoms with Crippen molar-refractivity contribution in [2.75, 3.05) is 0 Å². The molecule has 0 aromatic carbocycles. The lowest BCUT2D eigenvalue weighted by Gasteiger charge is -2.20. The van der Waals surface area contributed by atoms with E-state index in [1.807, 2.05) is 0 Å². The Labute approximate surface area is 107 Å². The molecule has 2 rings (SSSR count). The van der Waals surface area contributed by atoms with Crippen LogP contribution in [0.1, 0.15) is 42.3 Å². The average Bonchev–Trinajstić information content (AvgIpc) is 2.66. The minimum absolute atomic E-state index is 0.0410. The van der Waals surface area contributed by atoms with Gasteiger partial charge in [0.1, 0.15) is 0 Å². The predicted octanol–water partition coefficient (Wildman–Crippen LogP) is 1.11. The van der Waals surface area contributed by atoms with Gasteiger partial charge in [-0.2, -0.15) is 18.3 Å². The molecule has 19 heavy (non-hydrogen) atoms. The van der Waals surface area contributed by atoms with Gasteiger partial charge in [-0.1, -0.05) is 0 Å². The molecule has 0 bridgehead atoms. The fraction of sp³-hybridized carbons (Fsp3) is 0.636. The Kier molecular flexibility index (Phi) is 3.53. The van der Waals surface area contributed by atoms with E-state index < -0.39 is 23.8 Å². The number of alkyl halides is 3. The number of amides is 1. The molecule has 1 aliphatic carbocycles. The van der Waals surface area contributed by atoms with E-state index in [9.17, 15) is 18.0 Å². The van der Waals surface area contributed by atoms with Gasteiger partial charge in [-0.25, -0.2) is 0 Å². The van der Waals surface area contributed by atoms with Gasteiger partial charge in [-0.05, 0) is 19.3 Å². The standard InChI is InChI=1S/C11H15F3N4O/c12-11(13,14)10-9-6(15)2-1-3-7(9)18(17-10)5-4-8(16)19/h6H,1-5,15H2,(H2,16,19). The predicted molar refractivity (Wildman–Crippen MR) is 60.9 cm³/mol. The zero-order valence-electron chi connectivity index (χ0n) is 10.2. The van der Waals surface area contributed by atoms with Crippen LogP contribution >= 0.6 is 0 Å². The molecule has 1 heterocycles. The summed E-state index contributed by atoms with van der Waals surface area (Å²) in [4.78, 5) is 10.7. The average molecular weight is 276 g/mol. The number of halogens is 3. The lowest BCUT2D eigenvalue weighted by atomic mass is 9.91. The highest BCUT2D eigenvalue weighted by atomic mass is 19.4. The Morgan fingerprint density at radius 1 is 1.47 bits per heavy atom. The molecule has 4 N–H and O–H groups in total. The molecule has 0 saturated carbocycles. The Hall–Kier alpha value is -1.57. The first-order valence-electron chi connectivity index (χ1n) is 6.01. The van der Waals surface area contributed by atoms with Crippen LogP contribution < -0.4 is 11.5 Å². The van der Waals surface area contributed by atoms with Gasteiger partial charge in [0.2, 0.25) is 5.91 Å². The summed E-state index contributed by atoms with van der Waals surface area (Å²) in [6, 6.07) is -0.650. The summed E-state index contributed by atoms with van der Waals surface area (Å²) in [5, 5.41) is 3.59. The first-order chi connectivity index (χ1) is 8.80. The summed E-state index contributed by atoms with van der Waals surface area (Å²) in [5.74, 6) is -0.571. The van der Waals surface area contributed by atoms with Crippen LogP contribution in [-0.4, -0.2) is 15.7 Å². The molecule has 1 atom stereocenters. The lowest BCUT2D eigenvalue weighted by molar-refractivity contribution is -0.142. The molecule has 106 valence electrons. The molecule has 5 nitrogen and oxygen atoms in total. The summed E-state index contributed by atoms with van der Waals surface area (Å²) in [7, 11) is 0. The molecule has 1 aromatic heterocycles. The van der Waals surface area contributed by atoms with E-state index in [2.05, 4.69) is 5.10 Å². The molecule has 0 spiro atoms. The van der Waals surface area contributed by atoms with Crippen LogP contribution in [0.2, 0.25) is 0 Å². The van der Waals surface area contributed by atoms with Crippen LogP contribution in [0.25, 0.3) is 0 Å². The topological polar surface area (TPSA) is 86.9 Å². The van der Waals surface area contributed by atoms with E-state index in [1.54, 1.807) is 0 Å². The SMILES string of the molecule is NC(=O)CCn1nc(C(F)(F)F)c2c1CCCC2N. The quantitative estimate of drug-likeness (QED) is 0.867. The fourth-order valence-electron chi connectivity index (χ4n) is 2.41. The Morgan fingerprint density at radius 2 is 2.16 bits per heavy atom. The second-order valence-electron chi connectivity index (χ2n) is 4.64. The molecule has 1 aromatic rings. The number of rotatable bonds is 3. The van der Waals surface area contributed by atoms with Gasteiger partial charge in [-0.3, -0.25) is 9.48 Å². The zero-order valence-corrected chi connectivity index (χ0v) is 10.2. The molecule has 1 aliphatic rings. The number of carbonyl (C=O) groups is 1. The molecule has 1 unspecified atom stereocenters. The van der Waals surface area contributed by atoms with Crippen molar-refractivity contribution in [2.45, 2.75) is 44.4 Å². The Bertz CT molecular complexity index is 495. The zero-order chi connectivity index (χ0) is 14.2. The van der Waals surface area contributed by atoms with E-state index in [1.165, 1.54) is 4.68 Å². The number of hydrogen-bond acceptors (Lipinski definition) is 3. The lowest BCUT2D eigenvalue weighted by Crippen LogP contribution is -2.21. The molecule has 0 aliphatic heterocycles. The largest absolute Gasteiger partial charge is 0.435 e. The monoisotopic (exact) mass is 276 g/mol. The minimum Gasteiger partial charge on any atom is -0.370 e. The number of nitrogens with two attached hydrogens (primary N) is 2. The summed E-state index contributed by atoms with van der Waals surface area (Å²) in [6.45, 7) is 0.0560. The Balaban J connectivity index is 2.43. The first kappa shape index (κ1) is 13.9. The van der Waals surface area contributed by atoms with Gasteiger partial charge in [0, 0.05) is 30.3 Å². The van der Waals surface area contributed by atoms with Crippen molar-refractivity contribution in [3.63, 3.8) is 0 Å². The molecule has 0 fully saturated rings. The van der Waals surface area contributed by atoms with E-state index in [4.69, 9.17) is 11.5 Å². The first-order valence-corrected chi connectivity index (χ1v) is 6.01. The number of hydrogen-bond donors (Lipinski definition) is 2. The highest BCUT2D eigenvalue weighted by Crippen LogP contribution is 2.39. The van der Waals surface area contributed by atoms with Crippen molar-refractivity contribution in [1.82, 2.24) is 9.78 Å². The molecule has 0 radical (unpaired) electrons. The van der Waals surface area contributed by atoms with E-state index in [-0.39, 0.29) is 18.5 Å². The van der Waals surface area contributed by atoms with Crippen LogP contribution in [0.3, 0.4) is 0 Å². The van der Waals surface area contributed by atoms with Gasteiger partial charge < -0.3 is 11.5 Å². The van der Waals surface area contributed by atoms with Gasteiger partial charge in [0.05, 0.1) is 0 Å². The number of carbonyl (C=O) groups excluding carboxylic acids is 1. The number of primary amides is 1. The normalized spacial score (nSPS) is 19.3. The van der Waals surface area contributed by atoms with Crippen LogP contribution in [0.5, 0.6) is 0 Å². The third kappa shape index (κ3) is 2.73. The smallest absolute Gasteiger partial charge is 0.370 e. The van der Waals surface area contributed by atoms with E-state index >= 15 is 0 Å². The minimum atomic E-state index is -4.53. The van der Waals surface area contributed by atoms with Crippen molar-refractivity contribution in [3.8, 4) is 0 Å². The molecular formula is C11H15F3N4O. The van der Waals surface area contributed by atoms with Crippen molar-refractivity contribution in [3.05, 3.63) is 17.0 Å². The van der Waals surface area contributed by atoms with E-state index in [0.29, 0.717) is 25.0 Å². The molecular weight excluding hydrogens is 261 g/mol. The van der Waals surface area contributed by atoms with Crippen LogP contribution in [0.4, 0.5) is 13.2 Å². The molecule has 1 amide bonds. The maximum atomic E-state index is 12.9. The van der Waals surface area contributed by atoms with Crippen molar-refractivity contribution < 1.29 is 18.0 Å². The maximum Gasteiger partial charge on any atom is 0.435 e. The summed E-state index contributed by atoms with van der Waals surface area (Å²) >= 11 is 0. The summed E-state index contributed by atoms with van der Waals surface area (Å²) < 4.78 is 40.0. The van der Waals surface area contributed by atoms with E-state index in [0.717, 1.165) is 0 Å². The third-order valence-corrected chi connectivity index (χ3v) is 3.24. The van der Waals surface area contributed by atoms with Gasteiger partial charge in [-0.15, -0.1) is 0 Å². The second-order valence-corrected chi connectivity index (χ2v) is 4.64. The van der Waals surface area contributed by atoms with Crippen LogP contribution in [0, 0.1) is 0 Å². The Morgan fingerprint density at radius 3 is 2.74 bits per heavy atom.